The molecule has 0 atom stereocenters. The normalized spacial score (nSPS) is 11.0. The van der Waals surface area contributed by atoms with Crippen LogP contribution in [0.3, 0.4) is 0 Å². The van der Waals surface area contributed by atoms with Crippen molar-refractivity contribution in [2.24, 2.45) is 0 Å². The van der Waals surface area contributed by atoms with Gasteiger partial charge in [-0.2, -0.15) is 9.61 Å². The van der Waals surface area contributed by atoms with Crippen LogP contribution in [0.2, 0.25) is 0 Å². The summed E-state index contributed by atoms with van der Waals surface area (Å²) in [5.74, 6) is 1.30. The highest BCUT2D eigenvalue weighted by atomic mass is 32.1. The van der Waals surface area contributed by atoms with Gasteiger partial charge in [0.15, 0.2) is 10.9 Å². The summed E-state index contributed by atoms with van der Waals surface area (Å²) in [5, 5.41) is 19.8. The number of fused-ring (bicyclic) bond motifs is 1. The number of carbonyl (C=O) groups is 1. The molecule has 0 aliphatic carbocycles. The Morgan fingerprint density at radius 2 is 1.85 bits per heavy atom. The van der Waals surface area contributed by atoms with Crippen LogP contribution < -0.4 is 15.4 Å². The number of nitrogens with one attached hydrogen (secondary N) is 2. The maximum Gasteiger partial charge on any atom is 0.257 e. The number of rotatable bonds is 7. The van der Waals surface area contributed by atoms with Crippen LogP contribution in [0.15, 0.2) is 48.5 Å². The Morgan fingerprint density at radius 3 is 2.52 bits per heavy atom. The van der Waals surface area contributed by atoms with Gasteiger partial charge in [-0.15, -0.1) is 10.2 Å². The lowest BCUT2D eigenvalue weighted by Crippen LogP contribution is -2.38. The zero-order valence-electron chi connectivity index (χ0n) is 18.5. The van der Waals surface area contributed by atoms with Crippen molar-refractivity contribution in [3.8, 4) is 16.3 Å². The summed E-state index contributed by atoms with van der Waals surface area (Å²) in [7, 11) is 0. The summed E-state index contributed by atoms with van der Waals surface area (Å²) < 4.78 is 7.39. The van der Waals surface area contributed by atoms with Crippen molar-refractivity contribution < 1.29 is 9.53 Å². The standard InChI is InChI=1S/C23H24N6O2S2/c1-4-19-26-27-23-29(19)28-21(33-23)17-7-5-15(6-8-17)13-24-22(32)25-20(30)16-9-11-18(12-10-16)31-14(2)3/h5-12,14H,4,13H2,1-3H3,(H2,24,25,30,32). The van der Waals surface area contributed by atoms with Gasteiger partial charge >= 0.3 is 0 Å². The van der Waals surface area contributed by atoms with Crippen LogP contribution in [-0.2, 0) is 13.0 Å². The number of ether oxygens (including phenoxy) is 1. The summed E-state index contributed by atoms with van der Waals surface area (Å²) in [5.41, 5.74) is 2.55. The molecule has 0 saturated heterocycles. The molecule has 2 aromatic carbocycles. The first-order chi connectivity index (χ1) is 15.9. The Labute approximate surface area is 201 Å². The molecule has 0 aliphatic heterocycles. The molecule has 0 fully saturated rings. The van der Waals surface area contributed by atoms with Gasteiger partial charge in [-0.1, -0.05) is 42.5 Å². The van der Waals surface area contributed by atoms with Gasteiger partial charge in [0.25, 0.3) is 5.91 Å². The monoisotopic (exact) mass is 480 g/mol. The lowest BCUT2D eigenvalue weighted by Gasteiger charge is -2.11. The number of amides is 1. The predicted octanol–water partition coefficient (Wildman–Crippen LogP) is 4.01. The SMILES string of the molecule is CCc1nnc2sc(-c3ccc(CNC(=S)NC(=O)c4ccc(OC(C)C)cc4)cc3)nn12. The highest BCUT2D eigenvalue weighted by molar-refractivity contribution is 7.80. The topological polar surface area (TPSA) is 93.4 Å². The van der Waals surface area contributed by atoms with E-state index < -0.39 is 0 Å². The molecule has 0 radical (unpaired) electrons. The van der Waals surface area contributed by atoms with Crippen LogP contribution in [0.4, 0.5) is 0 Å². The number of aryl methyl sites for hydroxylation is 1. The van der Waals surface area contributed by atoms with E-state index in [1.807, 2.05) is 45.0 Å². The average molecular weight is 481 g/mol. The number of hydrogen-bond donors (Lipinski definition) is 2. The zero-order chi connectivity index (χ0) is 23.4. The minimum absolute atomic E-state index is 0.0793. The average Bonchev–Trinajstić information content (AvgIpc) is 3.39. The van der Waals surface area contributed by atoms with Gasteiger partial charge in [0.2, 0.25) is 4.96 Å². The van der Waals surface area contributed by atoms with Crippen molar-refractivity contribution in [1.29, 1.82) is 0 Å². The molecule has 4 rings (SSSR count). The first-order valence-electron chi connectivity index (χ1n) is 10.6. The Balaban J connectivity index is 1.30. The Hall–Kier alpha value is -3.37. The molecule has 0 aliphatic rings. The van der Waals surface area contributed by atoms with Crippen LogP contribution >= 0.6 is 23.6 Å². The number of nitrogens with zero attached hydrogens (tertiary/aromatic N) is 4. The lowest BCUT2D eigenvalue weighted by atomic mass is 10.1. The highest BCUT2D eigenvalue weighted by Crippen LogP contribution is 2.25. The van der Waals surface area contributed by atoms with Gasteiger partial charge in [-0.3, -0.25) is 10.1 Å². The second kappa shape index (κ2) is 10.1. The van der Waals surface area contributed by atoms with Gasteiger partial charge in [0.05, 0.1) is 6.10 Å². The fraction of sp³-hybridized carbons (Fsp3) is 0.261. The van der Waals surface area contributed by atoms with Crippen LogP contribution in [0.1, 0.15) is 42.5 Å². The first-order valence-corrected chi connectivity index (χ1v) is 11.8. The number of hydrogen-bond acceptors (Lipinski definition) is 7. The van der Waals surface area contributed by atoms with E-state index in [1.54, 1.807) is 28.8 Å². The Kier molecular flexibility index (Phi) is 6.95. The highest BCUT2D eigenvalue weighted by Gasteiger charge is 2.12. The number of benzene rings is 2. The van der Waals surface area contributed by atoms with Crippen LogP contribution in [0.25, 0.3) is 15.5 Å². The third-order valence-electron chi connectivity index (χ3n) is 4.74. The predicted molar refractivity (Wildman–Crippen MR) is 133 cm³/mol. The summed E-state index contributed by atoms with van der Waals surface area (Å²) in [6.45, 7) is 6.43. The van der Waals surface area contributed by atoms with Crippen molar-refractivity contribution in [3.05, 3.63) is 65.5 Å². The summed E-state index contributed by atoms with van der Waals surface area (Å²) in [4.78, 5) is 13.2. The second-order valence-corrected chi connectivity index (χ2v) is 8.96. The van der Waals surface area contributed by atoms with Crippen LogP contribution in [0, 0.1) is 0 Å². The molecular weight excluding hydrogens is 456 g/mol. The largest absolute Gasteiger partial charge is 0.491 e. The van der Waals surface area contributed by atoms with E-state index in [0.29, 0.717) is 12.1 Å². The molecule has 2 heterocycles. The van der Waals surface area contributed by atoms with Crippen molar-refractivity contribution in [3.63, 3.8) is 0 Å². The zero-order valence-corrected chi connectivity index (χ0v) is 20.2. The third-order valence-corrected chi connectivity index (χ3v) is 5.94. The summed E-state index contributed by atoms with van der Waals surface area (Å²) >= 11 is 6.78. The Bertz CT molecular complexity index is 1260. The van der Waals surface area contributed by atoms with Gasteiger partial charge in [-0.05, 0) is 55.9 Å². The van der Waals surface area contributed by atoms with E-state index in [-0.39, 0.29) is 17.1 Å². The molecule has 2 aromatic heterocycles. The third kappa shape index (κ3) is 5.52. The maximum atomic E-state index is 12.4. The summed E-state index contributed by atoms with van der Waals surface area (Å²) in [6.07, 6.45) is 0.860. The first kappa shape index (κ1) is 22.8. The van der Waals surface area contributed by atoms with Gasteiger partial charge < -0.3 is 10.1 Å². The summed E-state index contributed by atoms with van der Waals surface area (Å²) in [6, 6.07) is 15.0. The van der Waals surface area contributed by atoms with Gasteiger partial charge in [0.1, 0.15) is 10.8 Å². The molecule has 0 spiro atoms. The number of carbonyl (C=O) groups excluding carboxylic acids is 1. The molecule has 33 heavy (non-hydrogen) atoms. The van der Waals surface area contributed by atoms with E-state index in [2.05, 4.69) is 25.9 Å². The fourth-order valence-electron chi connectivity index (χ4n) is 3.12. The molecule has 170 valence electrons. The lowest BCUT2D eigenvalue weighted by molar-refractivity contribution is 0.0976. The smallest absolute Gasteiger partial charge is 0.257 e. The maximum absolute atomic E-state index is 12.4. The second-order valence-electron chi connectivity index (χ2n) is 7.60. The van der Waals surface area contributed by atoms with Crippen molar-refractivity contribution in [2.45, 2.75) is 39.8 Å². The van der Waals surface area contributed by atoms with E-state index >= 15 is 0 Å². The minimum atomic E-state index is -0.270. The molecule has 8 nitrogen and oxygen atoms in total. The van der Waals surface area contributed by atoms with Crippen molar-refractivity contribution in [1.82, 2.24) is 30.4 Å². The van der Waals surface area contributed by atoms with Crippen LogP contribution in [-0.4, -0.2) is 36.9 Å². The van der Waals surface area contributed by atoms with E-state index in [0.717, 1.165) is 39.1 Å². The van der Waals surface area contributed by atoms with Crippen molar-refractivity contribution in [2.75, 3.05) is 0 Å². The molecular formula is C23H24N6O2S2. The molecule has 0 bridgehead atoms. The number of thiocarbonyl (C=S) groups is 1. The minimum Gasteiger partial charge on any atom is -0.491 e. The molecule has 10 heteroatoms. The fourth-order valence-corrected chi connectivity index (χ4v) is 4.15. The Morgan fingerprint density at radius 1 is 1.12 bits per heavy atom. The van der Waals surface area contributed by atoms with E-state index in [4.69, 9.17) is 17.0 Å². The van der Waals surface area contributed by atoms with E-state index in [9.17, 15) is 4.79 Å². The van der Waals surface area contributed by atoms with Crippen LogP contribution in [0.5, 0.6) is 5.75 Å². The van der Waals surface area contributed by atoms with E-state index in [1.165, 1.54) is 11.3 Å². The molecule has 4 aromatic rings. The van der Waals surface area contributed by atoms with Gasteiger partial charge in [0, 0.05) is 24.1 Å². The van der Waals surface area contributed by atoms with Gasteiger partial charge in [-0.25, -0.2) is 0 Å². The molecule has 0 saturated carbocycles. The molecule has 2 N–H and O–H groups in total. The molecule has 0 unspecified atom stereocenters. The molecule has 1 amide bonds. The quantitative estimate of drug-likeness (QED) is 0.386. The van der Waals surface area contributed by atoms with Crippen molar-refractivity contribution >= 4 is 39.5 Å². The number of aromatic nitrogens is 4.